The molecule has 1 unspecified atom stereocenters. The van der Waals surface area contributed by atoms with Crippen LogP contribution >= 0.6 is 11.8 Å². The predicted molar refractivity (Wildman–Crippen MR) is 54.8 cm³/mol. The molecule has 76 valence electrons. The van der Waals surface area contributed by atoms with Crippen LogP contribution in [0.1, 0.15) is 32.6 Å². The van der Waals surface area contributed by atoms with Gasteiger partial charge in [0.2, 0.25) is 0 Å². The third-order valence-electron chi connectivity index (χ3n) is 2.25. The minimum atomic E-state index is -0.270. The van der Waals surface area contributed by atoms with Crippen molar-refractivity contribution in [3.8, 4) is 0 Å². The van der Waals surface area contributed by atoms with Gasteiger partial charge in [-0.3, -0.25) is 0 Å². The molecule has 1 atom stereocenters. The molecule has 0 radical (unpaired) electrons. The van der Waals surface area contributed by atoms with Crippen LogP contribution in [0.4, 0.5) is 4.79 Å². The van der Waals surface area contributed by atoms with E-state index in [9.17, 15) is 4.79 Å². The van der Waals surface area contributed by atoms with Gasteiger partial charge in [0, 0.05) is 0 Å². The molecular weight excluding hydrogens is 186 g/mol. The maximum atomic E-state index is 11.2. The minimum Gasteiger partial charge on any atom is -0.446 e. The number of hydrogen-bond acceptors (Lipinski definition) is 3. The van der Waals surface area contributed by atoms with Crippen molar-refractivity contribution in [2.24, 2.45) is 0 Å². The fourth-order valence-corrected chi connectivity index (χ4v) is 1.63. The van der Waals surface area contributed by atoms with Crippen LogP contribution in [-0.2, 0) is 4.74 Å². The third kappa shape index (κ3) is 3.89. The quantitative estimate of drug-likeness (QED) is 0.716. The van der Waals surface area contributed by atoms with Gasteiger partial charge in [-0.1, -0.05) is 0 Å². The lowest BCUT2D eigenvalue weighted by Crippen LogP contribution is -2.32. The maximum absolute atomic E-state index is 11.2. The summed E-state index contributed by atoms with van der Waals surface area (Å²) in [6, 6.07) is 0. The van der Waals surface area contributed by atoms with Gasteiger partial charge in [-0.05, 0) is 38.9 Å². The summed E-state index contributed by atoms with van der Waals surface area (Å²) in [6.45, 7) is 1.95. The van der Waals surface area contributed by atoms with E-state index >= 15 is 0 Å². The van der Waals surface area contributed by atoms with Crippen molar-refractivity contribution < 1.29 is 9.53 Å². The van der Waals surface area contributed by atoms with Gasteiger partial charge in [-0.15, -0.1) is 11.8 Å². The first-order valence-electron chi connectivity index (χ1n) is 4.72. The second-order valence-corrected chi connectivity index (χ2v) is 4.51. The highest BCUT2D eigenvalue weighted by Crippen LogP contribution is 2.20. The third-order valence-corrected chi connectivity index (χ3v) is 3.08. The van der Waals surface area contributed by atoms with Gasteiger partial charge in [-0.25, -0.2) is 4.79 Å². The van der Waals surface area contributed by atoms with Crippen molar-refractivity contribution in [3.63, 3.8) is 0 Å². The van der Waals surface area contributed by atoms with Crippen molar-refractivity contribution in [1.29, 1.82) is 0 Å². The van der Waals surface area contributed by atoms with Crippen LogP contribution in [0.2, 0.25) is 0 Å². The highest BCUT2D eigenvalue weighted by atomic mass is 32.2. The van der Waals surface area contributed by atoms with Crippen LogP contribution in [0.5, 0.6) is 0 Å². The molecule has 13 heavy (non-hydrogen) atoms. The molecule has 1 fully saturated rings. The summed E-state index contributed by atoms with van der Waals surface area (Å²) in [4.78, 5) is 11.2. The van der Waals surface area contributed by atoms with Crippen molar-refractivity contribution in [3.05, 3.63) is 0 Å². The zero-order chi connectivity index (χ0) is 9.68. The highest BCUT2D eigenvalue weighted by molar-refractivity contribution is 7.99. The van der Waals surface area contributed by atoms with Gasteiger partial charge < -0.3 is 10.1 Å². The molecule has 0 aromatic heterocycles. The monoisotopic (exact) mass is 203 g/mol. The molecule has 0 aromatic rings. The summed E-state index contributed by atoms with van der Waals surface area (Å²) in [6.07, 6.45) is 6.29. The van der Waals surface area contributed by atoms with Gasteiger partial charge in [0.25, 0.3) is 0 Å². The molecule has 0 aromatic carbocycles. The number of carbonyl (C=O) groups excluding carboxylic acids is 1. The smallest absolute Gasteiger partial charge is 0.408 e. The molecule has 0 spiro atoms. The second-order valence-electron chi connectivity index (χ2n) is 3.33. The molecule has 1 aliphatic carbocycles. The molecule has 0 aliphatic heterocycles. The first kappa shape index (κ1) is 10.7. The molecule has 1 amide bonds. The lowest BCUT2D eigenvalue weighted by Gasteiger charge is -2.14. The molecule has 4 heteroatoms. The van der Waals surface area contributed by atoms with E-state index in [1.807, 2.05) is 13.2 Å². The number of alkyl carbamates (subject to hydrolysis) is 1. The molecular formula is C9H17NO2S. The van der Waals surface area contributed by atoms with Crippen LogP contribution in [-0.4, -0.2) is 23.8 Å². The Labute approximate surface area is 83.6 Å². The maximum Gasteiger partial charge on any atom is 0.408 e. The zero-order valence-electron chi connectivity index (χ0n) is 8.21. The molecule has 1 aliphatic rings. The van der Waals surface area contributed by atoms with Crippen LogP contribution in [0.3, 0.4) is 0 Å². The first-order valence-corrected chi connectivity index (χ1v) is 6.01. The van der Waals surface area contributed by atoms with Crippen LogP contribution < -0.4 is 5.32 Å². The topological polar surface area (TPSA) is 38.3 Å². The summed E-state index contributed by atoms with van der Waals surface area (Å²) in [7, 11) is 0. The second kappa shape index (κ2) is 5.37. The number of thioether (sulfide) groups is 1. The molecule has 0 bridgehead atoms. The fourth-order valence-electron chi connectivity index (χ4n) is 1.42. The summed E-state index contributed by atoms with van der Waals surface area (Å²) >= 11 is 1.60. The van der Waals surface area contributed by atoms with E-state index < -0.39 is 0 Å². The average Bonchev–Trinajstić information content (AvgIpc) is 2.56. The van der Waals surface area contributed by atoms with E-state index in [-0.39, 0.29) is 17.6 Å². The summed E-state index contributed by atoms with van der Waals surface area (Å²) in [5, 5.41) is 2.89. The van der Waals surface area contributed by atoms with E-state index in [0.717, 1.165) is 12.8 Å². The van der Waals surface area contributed by atoms with Crippen molar-refractivity contribution in [2.45, 2.75) is 44.1 Å². The average molecular weight is 203 g/mol. The summed E-state index contributed by atoms with van der Waals surface area (Å²) in [5.41, 5.74) is 0. The Balaban J connectivity index is 2.16. The number of amides is 1. The van der Waals surface area contributed by atoms with Crippen LogP contribution in [0.15, 0.2) is 0 Å². The lowest BCUT2D eigenvalue weighted by atomic mass is 10.3. The highest BCUT2D eigenvalue weighted by Gasteiger charge is 2.19. The van der Waals surface area contributed by atoms with Crippen molar-refractivity contribution in [1.82, 2.24) is 5.32 Å². The van der Waals surface area contributed by atoms with E-state index in [4.69, 9.17) is 4.74 Å². The largest absolute Gasteiger partial charge is 0.446 e. The Morgan fingerprint density at radius 3 is 2.69 bits per heavy atom. The minimum absolute atomic E-state index is 0.133. The zero-order valence-corrected chi connectivity index (χ0v) is 9.02. The summed E-state index contributed by atoms with van der Waals surface area (Å²) in [5.74, 6) is 0. The van der Waals surface area contributed by atoms with Gasteiger partial charge in [-0.2, -0.15) is 0 Å². The molecule has 1 rings (SSSR count). The van der Waals surface area contributed by atoms with Crippen LogP contribution in [0.25, 0.3) is 0 Å². The Hall–Kier alpha value is -0.380. The van der Waals surface area contributed by atoms with E-state index in [1.165, 1.54) is 12.8 Å². The van der Waals surface area contributed by atoms with Gasteiger partial charge in [0.15, 0.2) is 0 Å². The molecule has 3 nitrogen and oxygen atoms in total. The number of hydrogen-bond donors (Lipinski definition) is 1. The number of ether oxygens (including phenoxy) is 1. The molecule has 0 heterocycles. The molecule has 1 N–H and O–H groups in total. The van der Waals surface area contributed by atoms with Gasteiger partial charge in [0.05, 0.1) is 5.37 Å². The lowest BCUT2D eigenvalue weighted by molar-refractivity contribution is 0.101. The number of carbonyl (C=O) groups is 1. The van der Waals surface area contributed by atoms with E-state index in [1.54, 1.807) is 11.8 Å². The normalized spacial score (nSPS) is 19.8. The van der Waals surface area contributed by atoms with Crippen LogP contribution in [0, 0.1) is 0 Å². The van der Waals surface area contributed by atoms with Gasteiger partial charge >= 0.3 is 6.09 Å². The Kier molecular flexibility index (Phi) is 4.42. The number of nitrogens with one attached hydrogen (secondary N) is 1. The van der Waals surface area contributed by atoms with Crippen molar-refractivity contribution in [2.75, 3.05) is 6.26 Å². The predicted octanol–water partition coefficient (Wildman–Crippen LogP) is 2.36. The number of rotatable bonds is 3. The Morgan fingerprint density at radius 1 is 1.54 bits per heavy atom. The first-order chi connectivity index (χ1) is 6.22. The summed E-state index contributed by atoms with van der Waals surface area (Å²) < 4.78 is 5.22. The molecule has 0 saturated heterocycles. The molecule has 1 saturated carbocycles. The Bertz CT molecular complexity index is 169. The van der Waals surface area contributed by atoms with E-state index in [2.05, 4.69) is 5.32 Å². The standard InChI is InChI=1S/C9H17NO2S/c1-7(13-2)10-9(11)12-8-5-3-4-6-8/h7-8H,3-6H2,1-2H3,(H,10,11). The van der Waals surface area contributed by atoms with Gasteiger partial charge in [0.1, 0.15) is 6.10 Å². The Morgan fingerprint density at radius 2 is 2.15 bits per heavy atom. The SMILES string of the molecule is CSC(C)NC(=O)OC1CCCC1. The van der Waals surface area contributed by atoms with Crippen molar-refractivity contribution >= 4 is 17.9 Å². The fraction of sp³-hybridized carbons (Fsp3) is 0.889. The van der Waals surface area contributed by atoms with E-state index in [0.29, 0.717) is 0 Å².